The van der Waals surface area contributed by atoms with Crippen LogP contribution in [0.25, 0.3) is 0 Å². The van der Waals surface area contributed by atoms with Gasteiger partial charge in [0.05, 0.1) is 29.1 Å². The van der Waals surface area contributed by atoms with Gasteiger partial charge in [-0.05, 0) is 31.0 Å². The molecule has 0 aliphatic carbocycles. The molecule has 2 fully saturated rings. The van der Waals surface area contributed by atoms with Crippen molar-refractivity contribution in [1.29, 1.82) is 0 Å². The van der Waals surface area contributed by atoms with Crippen molar-refractivity contribution in [3.63, 3.8) is 0 Å². The second-order valence-corrected chi connectivity index (χ2v) is 10.2. The molecule has 2 aromatic rings. The van der Waals surface area contributed by atoms with Crippen molar-refractivity contribution >= 4 is 21.6 Å². The number of hydrogen-bond donors (Lipinski definition) is 1. The zero-order valence-electron chi connectivity index (χ0n) is 18.5. The van der Waals surface area contributed by atoms with E-state index in [1.54, 1.807) is 10.8 Å². The van der Waals surface area contributed by atoms with Gasteiger partial charge >= 0.3 is 5.69 Å². The number of nitro groups is 1. The Bertz CT molecular complexity index is 1220. The van der Waals surface area contributed by atoms with E-state index in [4.69, 9.17) is 9.47 Å². The third kappa shape index (κ3) is 5.57. The van der Waals surface area contributed by atoms with E-state index in [2.05, 4.69) is 4.90 Å². The lowest BCUT2D eigenvalue weighted by Gasteiger charge is -2.43. The van der Waals surface area contributed by atoms with Crippen molar-refractivity contribution in [2.24, 2.45) is 0 Å². The molecule has 2 aliphatic rings. The van der Waals surface area contributed by atoms with E-state index in [0.29, 0.717) is 38.4 Å². The molecule has 0 saturated carbocycles. The standard InChI is InChI=1S/C22H23F2N3O7S/c23-18-10-17(35(31,32)25-21(28)15-4-2-1-3-5-15)11-19(27(29)30)20(18)34-14-22(24)6-8-26(9-7-22)16-12-33-13-16/h1-5,10-11,16H,6-9,12-14H2,(H,25,28). The summed E-state index contributed by atoms with van der Waals surface area (Å²) in [4.78, 5) is 24.0. The van der Waals surface area contributed by atoms with E-state index in [-0.39, 0.29) is 24.4 Å². The highest BCUT2D eigenvalue weighted by molar-refractivity contribution is 7.90. The first-order chi connectivity index (χ1) is 16.6. The number of alkyl halides is 1. The number of nitrogens with one attached hydrogen (secondary N) is 1. The molecule has 13 heteroatoms. The van der Waals surface area contributed by atoms with Crippen LogP contribution in [0.3, 0.4) is 0 Å². The minimum absolute atomic E-state index is 0.0233. The van der Waals surface area contributed by atoms with Crippen molar-refractivity contribution in [2.75, 3.05) is 32.9 Å². The van der Waals surface area contributed by atoms with Crippen LogP contribution in [-0.2, 0) is 14.8 Å². The third-order valence-electron chi connectivity index (χ3n) is 6.07. The van der Waals surface area contributed by atoms with Crippen LogP contribution in [0.2, 0.25) is 0 Å². The van der Waals surface area contributed by atoms with E-state index < -0.39 is 55.3 Å². The minimum atomic E-state index is -4.65. The molecule has 2 aromatic carbocycles. The molecule has 2 saturated heterocycles. The molecule has 1 amide bonds. The number of amides is 1. The molecule has 0 radical (unpaired) electrons. The molecular weight excluding hydrogens is 488 g/mol. The number of halogens is 2. The molecule has 35 heavy (non-hydrogen) atoms. The smallest absolute Gasteiger partial charge is 0.315 e. The lowest BCUT2D eigenvalue weighted by atomic mass is 9.93. The van der Waals surface area contributed by atoms with E-state index in [0.717, 1.165) is 0 Å². The van der Waals surface area contributed by atoms with Gasteiger partial charge in [0.15, 0.2) is 5.82 Å². The summed E-state index contributed by atoms with van der Waals surface area (Å²) >= 11 is 0. The van der Waals surface area contributed by atoms with E-state index in [1.807, 2.05) is 0 Å². The molecule has 0 atom stereocenters. The maximum atomic E-state index is 15.2. The number of carbonyl (C=O) groups excluding carboxylic acids is 1. The summed E-state index contributed by atoms with van der Waals surface area (Å²) in [6.07, 6.45) is 0.188. The Labute approximate surface area is 200 Å². The zero-order valence-corrected chi connectivity index (χ0v) is 19.3. The van der Waals surface area contributed by atoms with Crippen molar-refractivity contribution < 1.29 is 36.4 Å². The van der Waals surface area contributed by atoms with Crippen LogP contribution in [0.4, 0.5) is 14.5 Å². The third-order valence-corrected chi connectivity index (χ3v) is 7.38. The number of benzene rings is 2. The summed E-state index contributed by atoms with van der Waals surface area (Å²) in [5.41, 5.74) is -2.80. The molecule has 10 nitrogen and oxygen atoms in total. The molecule has 2 heterocycles. The van der Waals surface area contributed by atoms with E-state index in [1.165, 1.54) is 24.3 Å². The number of likely N-dealkylation sites (tertiary alicyclic amines) is 1. The Hall–Kier alpha value is -3.16. The summed E-state index contributed by atoms with van der Waals surface area (Å²) in [7, 11) is -4.65. The van der Waals surface area contributed by atoms with Gasteiger partial charge in [-0.25, -0.2) is 21.9 Å². The Morgan fingerprint density at radius 3 is 2.46 bits per heavy atom. The predicted molar refractivity (Wildman–Crippen MR) is 119 cm³/mol. The van der Waals surface area contributed by atoms with Crippen LogP contribution >= 0.6 is 0 Å². The maximum Gasteiger partial charge on any atom is 0.315 e. The van der Waals surface area contributed by atoms with Crippen LogP contribution < -0.4 is 9.46 Å². The number of nitrogens with zero attached hydrogens (tertiary/aromatic N) is 2. The van der Waals surface area contributed by atoms with Crippen LogP contribution in [0, 0.1) is 15.9 Å². The van der Waals surface area contributed by atoms with Crippen LogP contribution in [0.1, 0.15) is 23.2 Å². The van der Waals surface area contributed by atoms with Gasteiger partial charge in [-0.15, -0.1) is 0 Å². The minimum Gasteiger partial charge on any atom is -0.481 e. The highest BCUT2D eigenvalue weighted by atomic mass is 32.2. The number of ether oxygens (including phenoxy) is 2. The van der Waals surface area contributed by atoms with Gasteiger partial charge in [0.25, 0.3) is 15.9 Å². The van der Waals surface area contributed by atoms with Gasteiger partial charge in [0.2, 0.25) is 5.75 Å². The Morgan fingerprint density at radius 2 is 1.89 bits per heavy atom. The second-order valence-electron chi connectivity index (χ2n) is 8.48. The van der Waals surface area contributed by atoms with E-state index >= 15 is 4.39 Å². The summed E-state index contributed by atoms with van der Waals surface area (Å²) in [6, 6.07) is 8.69. The Balaban J connectivity index is 1.49. The van der Waals surface area contributed by atoms with Crippen molar-refractivity contribution in [2.45, 2.75) is 29.4 Å². The fourth-order valence-corrected chi connectivity index (χ4v) is 4.89. The first-order valence-corrected chi connectivity index (χ1v) is 12.3. The average Bonchev–Trinajstić information content (AvgIpc) is 2.78. The predicted octanol–water partition coefficient (Wildman–Crippen LogP) is 2.43. The van der Waals surface area contributed by atoms with Gasteiger partial charge < -0.3 is 9.47 Å². The van der Waals surface area contributed by atoms with Gasteiger partial charge in [0, 0.05) is 24.7 Å². The monoisotopic (exact) mass is 511 g/mol. The first-order valence-electron chi connectivity index (χ1n) is 10.8. The molecule has 1 N–H and O–H groups in total. The topological polar surface area (TPSA) is 128 Å². The lowest BCUT2D eigenvalue weighted by Crippen LogP contribution is -2.55. The normalized spacial score (nSPS) is 18.5. The SMILES string of the molecule is O=C(NS(=O)(=O)c1cc(F)c(OCC2(F)CCN(C3COC3)CC2)c([N+](=O)[O-])c1)c1ccccc1. The second kappa shape index (κ2) is 9.84. The molecule has 0 aromatic heterocycles. The number of hydrogen-bond acceptors (Lipinski definition) is 8. The maximum absolute atomic E-state index is 15.2. The average molecular weight is 512 g/mol. The number of carbonyl (C=O) groups is 1. The van der Waals surface area contributed by atoms with E-state index in [9.17, 15) is 27.7 Å². The molecule has 0 spiro atoms. The lowest BCUT2D eigenvalue weighted by molar-refractivity contribution is -0.386. The van der Waals surface area contributed by atoms with Crippen LogP contribution in [0.15, 0.2) is 47.4 Å². The van der Waals surface area contributed by atoms with Gasteiger partial charge in [-0.2, -0.15) is 0 Å². The highest BCUT2D eigenvalue weighted by Gasteiger charge is 2.40. The number of nitro benzene ring substituents is 1. The van der Waals surface area contributed by atoms with Crippen LogP contribution in [-0.4, -0.2) is 68.8 Å². The van der Waals surface area contributed by atoms with Gasteiger partial charge in [-0.3, -0.25) is 19.8 Å². The largest absolute Gasteiger partial charge is 0.481 e. The number of piperidine rings is 1. The highest BCUT2D eigenvalue weighted by Crippen LogP contribution is 2.36. The summed E-state index contributed by atoms with van der Waals surface area (Å²) in [6.45, 7) is 1.44. The van der Waals surface area contributed by atoms with Crippen molar-refractivity contribution in [3.8, 4) is 5.75 Å². The zero-order chi connectivity index (χ0) is 25.2. The molecular formula is C22H23F2N3O7S. The summed E-state index contributed by atoms with van der Waals surface area (Å²) < 4.78 is 67.3. The summed E-state index contributed by atoms with van der Waals surface area (Å²) in [5.74, 6) is -3.22. The molecule has 4 rings (SSSR count). The number of rotatable bonds is 8. The summed E-state index contributed by atoms with van der Waals surface area (Å²) in [5, 5.41) is 11.5. The molecule has 0 unspecified atom stereocenters. The van der Waals surface area contributed by atoms with Gasteiger partial charge in [-0.1, -0.05) is 18.2 Å². The molecule has 2 aliphatic heterocycles. The quantitative estimate of drug-likeness (QED) is 0.423. The first kappa shape index (κ1) is 24.9. The molecule has 0 bridgehead atoms. The number of sulfonamides is 1. The van der Waals surface area contributed by atoms with Crippen molar-refractivity contribution in [3.05, 3.63) is 64.0 Å². The molecule has 188 valence electrons. The fourth-order valence-electron chi connectivity index (χ4n) is 3.89. The van der Waals surface area contributed by atoms with Gasteiger partial charge in [0.1, 0.15) is 12.3 Å². The fraction of sp³-hybridized carbons (Fsp3) is 0.409. The Morgan fingerprint density at radius 1 is 1.23 bits per heavy atom. The Kier molecular flexibility index (Phi) is 7.01. The van der Waals surface area contributed by atoms with Crippen molar-refractivity contribution in [1.82, 2.24) is 9.62 Å². The van der Waals surface area contributed by atoms with Crippen LogP contribution in [0.5, 0.6) is 5.75 Å².